The summed E-state index contributed by atoms with van der Waals surface area (Å²) in [6, 6.07) is 0.765. The summed E-state index contributed by atoms with van der Waals surface area (Å²) in [5.74, 6) is 0. The summed E-state index contributed by atoms with van der Waals surface area (Å²) in [7, 11) is 0. The monoisotopic (exact) mass is 157 g/mol. The lowest BCUT2D eigenvalue weighted by Crippen LogP contribution is -2.53. The molecule has 1 heterocycles. The Balaban J connectivity index is 2.55. The van der Waals surface area contributed by atoms with Gasteiger partial charge in [-0.15, -0.1) is 0 Å². The number of likely N-dealkylation sites (tertiary alicyclic amines) is 1. The Morgan fingerprint density at radius 3 is 2.18 bits per heavy atom. The van der Waals surface area contributed by atoms with Crippen LogP contribution in [-0.2, 0) is 0 Å². The number of hydrogen-bond acceptors (Lipinski definition) is 1. The average molecular weight is 157 g/mol. The highest BCUT2D eigenvalue weighted by Gasteiger charge is 2.33. The summed E-state index contributed by atoms with van der Waals surface area (Å²) in [4.78, 5) is 0. The molecule has 1 aliphatic rings. The molecule has 0 bridgehead atoms. The van der Waals surface area contributed by atoms with Crippen LogP contribution in [0.25, 0.3) is 0 Å². The van der Waals surface area contributed by atoms with E-state index in [1.807, 2.05) is 0 Å². The topological polar surface area (TPSA) is 26.0 Å². The first kappa shape index (κ1) is 9.01. The predicted molar refractivity (Wildman–Crippen MR) is 48.3 cm³/mol. The third-order valence-electron chi connectivity index (χ3n) is 3.13. The van der Waals surface area contributed by atoms with Gasteiger partial charge in [0.1, 0.15) is 0 Å². The van der Waals surface area contributed by atoms with Crippen LogP contribution >= 0.6 is 0 Å². The lowest BCUT2D eigenvalue weighted by atomic mass is 10.2. The van der Waals surface area contributed by atoms with Gasteiger partial charge in [0.25, 0.3) is 0 Å². The molecule has 0 aromatic rings. The summed E-state index contributed by atoms with van der Waals surface area (Å²) < 4.78 is 1.27. The summed E-state index contributed by atoms with van der Waals surface area (Å²) >= 11 is 0. The highest BCUT2D eigenvalue weighted by Crippen LogP contribution is 2.22. The van der Waals surface area contributed by atoms with E-state index in [0.717, 1.165) is 12.6 Å². The molecule has 0 amide bonds. The van der Waals surface area contributed by atoms with Crippen molar-refractivity contribution in [3.63, 3.8) is 0 Å². The zero-order chi connectivity index (χ0) is 8.32. The van der Waals surface area contributed by atoms with E-state index in [2.05, 4.69) is 13.8 Å². The fraction of sp³-hybridized carbons (Fsp3) is 1.00. The molecule has 1 rings (SSSR count). The van der Waals surface area contributed by atoms with Gasteiger partial charge in [0, 0.05) is 19.4 Å². The molecule has 2 N–H and O–H groups in total. The Labute approximate surface area is 70.0 Å². The molecule has 11 heavy (non-hydrogen) atoms. The number of quaternary nitrogens is 1. The SMILES string of the molecule is CC(C)[N+]1(CCN)CCCC1. The summed E-state index contributed by atoms with van der Waals surface area (Å²) in [6.45, 7) is 9.38. The van der Waals surface area contributed by atoms with Gasteiger partial charge >= 0.3 is 0 Å². The number of nitrogens with zero attached hydrogens (tertiary/aromatic N) is 1. The van der Waals surface area contributed by atoms with Crippen LogP contribution in [0.2, 0.25) is 0 Å². The Bertz CT molecular complexity index is 115. The summed E-state index contributed by atoms with van der Waals surface area (Å²) in [5, 5.41) is 0. The molecule has 0 spiro atoms. The summed E-state index contributed by atoms with van der Waals surface area (Å²) in [6.07, 6.45) is 2.80. The largest absolute Gasteiger partial charge is 0.326 e. The molecule has 0 radical (unpaired) electrons. The normalized spacial score (nSPS) is 22.9. The molecule has 2 nitrogen and oxygen atoms in total. The van der Waals surface area contributed by atoms with Crippen molar-refractivity contribution in [1.29, 1.82) is 0 Å². The third kappa shape index (κ3) is 1.74. The van der Waals surface area contributed by atoms with Gasteiger partial charge < -0.3 is 10.2 Å². The van der Waals surface area contributed by atoms with E-state index in [0.29, 0.717) is 0 Å². The Morgan fingerprint density at radius 1 is 1.27 bits per heavy atom. The van der Waals surface area contributed by atoms with Crippen LogP contribution in [0.15, 0.2) is 0 Å². The van der Waals surface area contributed by atoms with Crippen LogP contribution in [-0.4, -0.2) is 36.7 Å². The molecule has 0 aliphatic carbocycles. The van der Waals surface area contributed by atoms with Crippen molar-refractivity contribution in [2.75, 3.05) is 26.2 Å². The van der Waals surface area contributed by atoms with Crippen molar-refractivity contribution < 1.29 is 4.48 Å². The second-order valence-electron chi connectivity index (χ2n) is 3.98. The first-order valence-corrected chi connectivity index (χ1v) is 4.77. The molecule has 0 unspecified atom stereocenters. The fourth-order valence-electron chi connectivity index (χ4n) is 2.22. The van der Waals surface area contributed by atoms with E-state index >= 15 is 0 Å². The van der Waals surface area contributed by atoms with E-state index < -0.39 is 0 Å². The van der Waals surface area contributed by atoms with Gasteiger partial charge in [-0.25, -0.2) is 0 Å². The molecular weight excluding hydrogens is 136 g/mol. The van der Waals surface area contributed by atoms with Crippen molar-refractivity contribution >= 4 is 0 Å². The summed E-state index contributed by atoms with van der Waals surface area (Å²) in [5.41, 5.74) is 5.62. The van der Waals surface area contributed by atoms with Gasteiger partial charge in [0.15, 0.2) is 0 Å². The Morgan fingerprint density at radius 2 is 1.82 bits per heavy atom. The van der Waals surface area contributed by atoms with Crippen molar-refractivity contribution in [3.8, 4) is 0 Å². The molecule has 1 fully saturated rings. The van der Waals surface area contributed by atoms with Crippen molar-refractivity contribution in [3.05, 3.63) is 0 Å². The maximum absolute atomic E-state index is 5.62. The van der Waals surface area contributed by atoms with E-state index in [1.54, 1.807) is 0 Å². The van der Waals surface area contributed by atoms with Crippen molar-refractivity contribution in [2.24, 2.45) is 5.73 Å². The van der Waals surface area contributed by atoms with Crippen LogP contribution in [0, 0.1) is 0 Å². The minimum atomic E-state index is 0.765. The number of hydrogen-bond donors (Lipinski definition) is 1. The molecule has 0 saturated carbocycles. The lowest BCUT2D eigenvalue weighted by molar-refractivity contribution is -0.935. The maximum atomic E-state index is 5.62. The van der Waals surface area contributed by atoms with Crippen molar-refractivity contribution in [2.45, 2.75) is 32.7 Å². The highest BCUT2D eigenvalue weighted by atomic mass is 15.4. The second kappa shape index (κ2) is 3.55. The molecule has 1 saturated heterocycles. The zero-order valence-corrected chi connectivity index (χ0v) is 7.84. The van der Waals surface area contributed by atoms with E-state index in [9.17, 15) is 0 Å². The van der Waals surface area contributed by atoms with Gasteiger partial charge in [-0.05, 0) is 13.8 Å². The Hall–Kier alpha value is -0.0800. The maximum Gasteiger partial charge on any atom is 0.0913 e. The van der Waals surface area contributed by atoms with Gasteiger partial charge in [-0.2, -0.15) is 0 Å². The third-order valence-corrected chi connectivity index (χ3v) is 3.13. The molecule has 66 valence electrons. The van der Waals surface area contributed by atoms with E-state index in [4.69, 9.17) is 5.73 Å². The van der Waals surface area contributed by atoms with E-state index in [1.165, 1.54) is 37.0 Å². The molecule has 1 aliphatic heterocycles. The number of nitrogens with two attached hydrogens (primary N) is 1. The molecule has 0 atom stereocenters. The van der Waals surface area contributed by atoms with Crippen molar-refractivity contribution in [1.82, 2.24) is 0 Å². The minimum absolute atomic E-state index is 0.765. The minimum Gasteiger partial charge on any atom is -0.326 e. The first-order chi connectivity index (χ1) is 5.21. The first-order valence-electron chi connectivity index (χ1n) is 4.77. The molecule has 0 aromatic heterocycles. The fourth-order valence-corrected chi connectivity index (χ4v) is 2.22. The average Bonchev–Trinajstić information content (AvgIpc) is 2.38. The molecular formula is C9H21N2+. The van der Waals surface area contributed by atoms with Gasteiger partial charge in [0.2, 0.25) is 0 Å². The second-order valence-corrected chi connectivity index (χ2v) is 3.98. The van der Waals surface area contributed by atoms with Gasteiger partial charge in [-0.1, -0.05) is 0 Å². The van der Waals surface area contributed by atoms with Crippen LogP contribution in [0.5, 0.6) is 0 Å². The highest BCUT2D eigenvalue weighted by molar-refractivity contribution is 4.58. The van der Waals surface area contributed by atoms with Gasteiger partial charge in [0.05, 0.1) is 25.7 Å². The van der Waals surface area contributed by atoms with Crippen LogP contribution in [0.3, 0.4) is 0 Å². The van der Waals surface area contributed by atoms with Gasteiger partial charge in [-0.3, -0.25) is 0 Å². The molecule has 0 aromatic carbocycles. The predicted octanol–water partition coefficient (Wildman–Crippen LogP) is 0.964. The zero-order valence-electron chi connectivity index (χ0n) is 7.84. The quantitative estimate of drug-likeness (QED) is 0.607. The lowest BCUT2D eigenvalue weighted by Gasteiger charge is -2.38. The van der Waals surface area contributed by atoms with E-state index in [-0.39, 0.29) is 0 Å². The Kier molecular flexibility index (Phi) is 2.90. The smallest absolute Gasteiger partial charge is 0.0913 e. The standard InChI is InChI=1S/C9H21N2/c1-9(2)11(8-5-10)6-3-4-7-11/h9H,3-8,10H2,1-2H3/q+1. The van der Waals surface area contributed by atoms with Crippen LogP contribution < -0.4 is 5.73 Å². The number of rotatable bonds is 3. The van der Waals surface area contributed by atoms with Crippen LogP contribution in [0.1, 0.15) is 26.7 Å². The molecule has 2 heteroatoms. The van der Waals surface area contributed by atoms with Crippen LogP contribution in [0.4, 0.5) is 0 Å².